The Kier molecular flexibility index (Phi) is 7.99. The third-order valence-electron chi connectivity index (χ3n) is 6.56. The molecule has 35 heavy (non-hydrogen) atoms. The van der Waals surface area contributed by atoms with E-state index >= 15 is 0 Å². The summed E-state index contributed by atoms with van der Waals surface area (Å²) in [5.41, 5.74) is 4.46. The first-order valence-electron chi connectivity index (χ1n) is 11.7. The van der Waals surface area contributed by atoms with Crippen LogP contribution < -0.4 is 10.6 Å². The Bertz CT molecular complexity index is 1030. The Labute approximate surface area is 203 Å². The van der Waals surface area contributed by atoms with Gasteiger partial charge in [-0.05, 0) is 28.7 Å². The molecule has 0 bridgehead atoms. The van der Waals surface area contributed by atoms with Gasteiger partial charge in [0, 0.05) is 45.1 Å². The van der Waals surface area contributed by atoms with Gasteiger partial charge in [0.1, 0.15) is 12.6 Å². The molecule has 1 heterocycles. The number of carboxylic acids is 1. The van der Waals surface area contributed by atoms with Gasteiger partial charge in [-0.2, -0.15) is 0 Å². The first-order chi connectivity index (χ1) is 17.0. The minimum atomic E-state index is -1.05. The number of aliphatic carboxylic acids is 1. The standard InChI is InChI=1S/C26H30N2O7/c1-33-12-11-22(24(29)27-14-16-10-13-34-23(16)25(30)31)28-26(32)35-15-21-19-8-4-2-6-17(19)18-7-3-5-9-20(18)21/h2-9,16,21-23H,10-15H2,1H3,(H,27,29)(H,28,32)(H,30,31)/t16-,22?,23-/m1/s1. The zero-order valence-corrected chi connectivity index (χ0v) is 19.6. The van der Waals surface area contributed by atoms with Crippen molar-refractivity contribution in [3.63, 3.8) is 0 Å². The summed E-state index contributed by atoms with van der Waals surface area (Å²) in [4.78, 5) is 36.7. The molecule has 9 nitrogen and oxygen atoms in total. The van der Waals surface area contributed by atoms with Crippen molar-refractivity contribution in [2.24, 2.45) is 5.92 Å². The second-order valence-electron chi connectivity index (χ2n) is 8.73. The smallest absolute Gasteiger partial charge is 0.407 e. The second kappa shape index (κ2) is 11.3. The Morgan fingerprint density at radius 2 is 1.74 bits per heavy atom. The third kappa shape index (κ3) is 5.63. The molecule has 1 unspecified atom stereocenters. The van der Waals surface area contributed by atoms with Gasteiger partial charge in [0.25, 0.3) is 0 Å². The summed E-state index contributed by atoms with van der Waals surface area (Å²) in [6.07, 6.45) is -0.853. The highest BCUT2D eigenvalue weighted by molar-refractivity contribution is 5.86. The van der Waals surface area contributed by atoms with Crippen LogP contribution in [0.2, 0.25) is 0 Å². The number of alkyl carbamates (subject to hydrolysis) is 1. The summed E-state index contributed by atoms with van der Waals surface area (Å²) < 4.78 is 15.9. The number of carbonyl (C=O) groups is 3. The largest absolute Gasteiger partial charge is 0.479 e. The fourth-order valence-corrected chi connectivity index (χ4v) is 4.76. The van der Waals surface area contributed by atoms with Gasteiger partial charge in [-0.15, -0.1) is 0 Å². The van der Waals surface area contributed by atoms with E-state index in [1.807, 2.05) is 36.4 Å². The molecule has 186 valence electrons. The predicted molar refractivity (Wildman–Crippen MR) is 127 cm³/mol. The van der Waals surface area contributed by atoms with E-state index in [-0.39, 0.29) is 38.0 Å². The van der Waals surface area contributed by atoms with Crippen LogP contribution in [-0.2, 0) is 23.8 Å². The van der Waals surface area contributed by atoms with Crippen molar-refractivity contribution in [3.05, 3.63) is 59.7 Å². The van der Waals surface area contributed by atoms with Crippen molar-refractivity contribution in [3.8, 4) is 11.1 Å². The van der Waals surface area contributed by atoms with Crippen LogP contribution in [0.4, 0.5) is 4.79 Å². The lowest BCUT2D eigenvalue weighted by molar-refractivity contribution is -0.149. The maximum Gasteiger partial charge on any atom is 0.407 e. The summed E-state index contributed by atoms with van der Waals surface area (Å²) in [6, 6.07) is 15.2. The number of rotatable bonds is 10. The Hall–Kier alpha value is -3.43. The van der Waals surface area contributed by atoms with Crippen molar-refractivity contribution in [1.29, 1.82) is 0 Å². The summed E-state index contributed by atoms with van der Waals surface area (Å²) in [6.45, 7) is 0.873. The lowest BCUT2D eigenvalue weighted by atomic mass is 9.98. The topological polar surface area (TPSA) is 123 Å². The first kappa shape index (κ1) is 24.7. The lowest BCUT2D eigenvalue weighted by Gasteiger charge is -2.21. The van der Waals surface area contributed by atoms with E-state index in [1.54, 1.807) is 0 Å². The summed E-state index contributed by atoms with van der Waals surface area (Å²) >= 11 is 0. The van der Waals surface area contributed by atoms with E-state index in [2.05, 4.69) is 22.8 Å². The molecule has 1 aliphatic heterocycles. The van der Waals surface area contributed by atoms with Crippen LogP contribution in [0.15, 0.2) is 48.5 Å². The molecule has 2 aliphatic rings. The lowest BCUT2D eigenvalue weighted by Crippen LogP contribution is -2.49. The maximum atomic E-state index is 12.8. The second-order valence-corrected chi connectivity index (χ2v) is 8.73. The maximum absolute atomic E-state index is 12.8. The SMILES string of the molecule is COCCC(NC(=O)OCC1c2ccccc2-c2ccccc21)C(=O)NC[C@H]1CCO[C@H]1C(=O)O. The normalized spacial score (nSPS) is 19.5. The van der Waals surface area contributed by atoms with Crippen molar-refractivity contribution in [1.82, 2.24) is 10.6 Å². The fraction of sp³-hybridized carbons (Fsp3) is 0.423. The Morgan fingerprint density at radius 1 is 1.09 bits per heavy atom. The van der Waals surface area contributed by atoms with Crippen LogP contribution in [0.3, 0.4) is 0 Å². The molecule has 1 aliphatic carbocycles. The van der Waals surface area contributed by atoms with Crippen LogP contribution in [-0.4, -0.2) is 68.7 Å². The summed E-state index contributed by atoms with van der Waals surface area (Å²) in [5, 5.41) is 14.6. The fourth-order valence-electron chi connectivity index (χ4n) is 4.76. The quantitative estimate of drug-likeness (QED) is 0.476. The predicted octanol–water partition coefficient (Wildman–Crippen LogP) is 2.54. The molecule has 1 fully saturated rings. The van der Waals surface area contributed by atoms with E-state index in [1.165, 1.54) is 7.11 Å². The van der Waals surface area contributed by atoms with Crippen molar-refractivity contribution >= 4 is 18.0 Å². The van der Waals surface area contributed by atoms with Crippen LogP contribution in [0.5, 0.6) is 0 Å². The van der Waals surface area contributed by atoms with Gasteiger partial charge in [0.05, 0.1) is 0 Å². The Balaban J connectivity index is 1.35. The van der Waals surface area contributed by atoms with Crippen LogP contribution in [0.1, 0.15) is 29.9 Å². The number of amides is 2. The van der Waals surface area contributed by atoms with Gasteiger partial charge < -0.3 is 30.0 Å². The highest BCUT2D eigenvalue weighted by Crippen LogP contribution is 2.44. The molecule has 2 amide bonds. The number of fused-ring (bicyclic) bond motifs is 3. The number of carbonyl (C=O) groups excluding carboxylic acids is 2. The average molecular weight is 483 g/mol. The number of hydrogen-bond acceptors (Lipinski definition) is 6. The van der Waals surface area contributed by atoms with Crippen molar-refractivity contribution in [2.75, 3.05) is 33.5 Å². The highest BCUT2D eigenvalue weighted by atomic mass is 16.5. The molecule has 2 aromatic carbocycles. The van der Waals surface area contributed by atoms with Gasteiger partial charge in [-0.25, -0.2) is 9.59 Å². The van der Waals surface area contributed by atoms with E-state index in [4.69, 9.17) is 14.2 Å². The molecular formula is C26H30N2O7. The molecule has 0 spiro atoms. The number of nitrogens with one attached hydrogen (secondary N) is 2. The molecule has 0 saturated carbocycles. The van der Waals surface area contributed by atoms with Gasteiger partial charge in [-0.3, -0.25) is 4.79 Å². The van der Waals surface area contributed by atoms with E-state index in [0.717, 1.165) is 22.3 Å². The third-order valence-corrected chi connectivity index (χ3v) is 6.56. The summed E-state index contributed by atoms with van der Waals surface area (Å²) in [7, 11) is 1.51. The summed E-state index contributed by atoms with van der Waals surface area (Å²) in [5.74, 6) is -1.88. The highest BCUT2D eigenvalue weighted by Gasteiger charge is 2.35. The molecule has 4 rings (SSSR count). The Morgan fingerprint density at radius 3 is 2.37 bits per heavy atom. The monoisotopic (exact) mass is 482 g/mol. The number of benzene rings is 2. The molecule has 0 radical (unpaired) electrons. The zero-order valence-electron chi connectivity index (χ0n) is 19.6. The van der Waals surface area contributed by atoms with Crippen molar-refractivity contribution < 1.29 is 33.7 Å². The van der Waals surface area contributed by atoms with Crippen LogP contribution in [0.25, 0.3) is 11.1 Å². The molecule has 9 heteroatoms. The van der Waals surface area contributed by atoms with E-state index in [0.29, 0.717) is 13.0 Å². The first-order valence-corrected chi connectivity index (χ1v) is 11.7. The zero-order chi connectivity index (χ0) is 24.8. The molecule has 3 atom stereocenters. The van der Waals surface area contributed by atoms with Gasteiger partial charge in [0.2, 0.25) is 5.91 Å². The van der Waals surface area contributed by atoms with E-state index < -0.39 is 30.1 Å². The number of ether oxygens (including phenoxy) is 3. The van der Waals surface area contributed by atoms with Crippen LogP contribution >= 0.6 is 0 Å². The molecule has 2 aromatic rings. The molecular weight excluding hydrogens is 452 g/mol. The van der Waals surface area contributed by atoms with Gasteiger partial charge >= 0.3 is 12.1 Å². The molecule has 0 aromatic heterocycles. The number of hydrogen-bond donors (Lipinski definition) is 3. The van der Waals surface area contributed by atoms with Crippen molar-refractivity contribution in [2.45, 2.75) is 30.9 Å². The van der Waals surface area contributed by atoms with Crippen LogP contribution in [0, 0.1) is 5.92 Å². The minimum absolute atomic E-state index is 0.0882. The van der Waals surface area contributed by atoms with E-state index in [9.17, 15) is 19.5 Å². The average Bonchev–Trinajstić information content (AvgIpc) is 3.47. The molecule has 1 saturated heterocycles. The van der Waals surface area contributed by atoms with Gasteiger partial charge in [0.15, 0.2) is 6.10 Å². The number of methoxy groups -OCH3 is 1. The minimum Gasteiger partial charge on any atom is -0.479 e. The molecule has 3 N–H and O–H groups in total. The number of carboxylic acid groups (broad SMARTS) is 1. The van der Waals surface area contributed by atoms with Gasteiger partial charge in [-0.1, -0.05) is 48.5 Å².